The Kier molecular flexibility index (Phi) is 4.52. The van der Waals surface area contributed by atoms with Gasteiger partial charge < -0.3 is 14.7 Å². The number of hydrogen-bond acceptors (Lipinski definition) is 4. The quantitative estimate of drug-likeness (QED) is 0.838. The summed E-state index contributed by atoms with van der Waals surface area (Å²) in [6.45, 7) is 4.43. The molecular formula is C14H18N2O3. The Hall–Kier alpha value is -1.88. The summed E-state index contributed by atoms with van der Waals surface area (Å²) in [5.74, 6) is -0.0362. The highest BCUT2D eigenvalue weighted by Gasteiger charge is 2.22. The van der Waals surface area contributed by atoms with Crippen molar-refractivity contribution in [2.24, 2.45) is 0 Å². The van der Waals surface area contributed by atoms with Crippen molar-refractivity contribution in [2.75, 3.05) is 24.7 Å². The summed E-state index contributed by atoms with van der Waals surface area (Å²) in [6.07, 6.45) is 5.36. The number of carboxylic acid groups (broad SMARTS) is 1. The molecule has 2 rings (SSSR count). The summed E-state index contributed by atoms with van der Waals surface area (Å²) in [6, 6.07) is 4.17. The van der Waals surface area contributed by atoms with E-state index >= 15 is 0 Å². The normalized spacial score (nSPS) is 19.8. The van der Waals surface area contributed by atoms with Gasteiger partial charge in [-0.3, -0.25) is 0 Å². The van der Waals surface area contributed by atoms with Gasteiger partial charge in [0.15, 0.2) is 0 Å². The van der Waals surface area contributed by atoms with Crippen LogP contribution in [0, 0.1) is 0 Å². The van der Waals surface area contributed by atoms with Gasteiger partial charge in [-0.15, -0.1) is 0 Å². The van der Waals surface area contributed by atoms with Gasteiger partial charge in [0.05, 0.1) is 19.3 Å². The molecule has 5 nitrogen and oxygen atoms in total. The van der Waals surface area contributed by atoms with Crippen molar-refractivity contribution in [3.8, 4) is 0 Å². The maximum absolute atomic E-state index is 10.4. The Morgan fingerprint density at radius 2 is 2.47 bits per heavy atom. The number of rotatable bonds is 4. The van der Waals surface area contributed by atoms with Crippen LogP contribution < -0.4 is 4.90 Å². The van der Waals surface area contributed by atoms with Gasteiger partial charge in [0.2, 0.25) is 0 Å². The molecule has 1 saturated heterocycles. The number of hydrogen-bond donors (Lipinski definition) is 1. The summed E-state index contributed by atoms with van der Waals surface area (Å²) in [7, 11) is 0. The van der Waals surface area contributed by atoms with Crippen LogP contribution in [0.25, 0.3) is 6.08 Å². The van der Waals surface area contributed by atoms with Crippen LogP contribution in [-0.2, 0) is 9.53 Å². The molecule has 1 aliphatic rings. The van der Waals surface area contributed by atoms with Gasteiger partial charge in [0.25, 0.3) is 0 Å². The van der Waals surface area contributed by atoms with E-state index in [1.165, 1.54) is 6.08 Å². The van der Waals surface area contributed by atoms with Crippen molar-refractivity contribution in [1.82, 2.24) is 4.98 Å². The SMILES string of the molecule is CCC1COCCN1c1ccc(/C=C/C(=O)O)cn1. The number of pyridine rings is 1. The van der Waals surface area contributed by atoms with E-state index in [1.54, 1.807) is 6.20 Å². The van der Waals surface area contributed by atoms with Crippen molar-refractivity contribution in [2.45, 2.75) is 19.4 Å². The van der Waals surface area contributed by atoms with Crippen LogP contribution in [0.2, 0.25) is 0 Å². The van der Waals surface area contributed by atoms with Crippen LogP contribution in [0.1, 0.15) is 18.9 Å². The number of nitrogens with zero attached hydrogens (tertiary/aromatic N) is 2. The molecule has 1 fully saturated rings. The molecule has 0 amide bonds. The molecule has 19 heavy (non-hydrogen) atoms. The second kappa shape index (κ2) is 6.33. The Morgan fingerprint density at radius 3 is 3.11 bits per heavy atom. The summed E-state index contributed by atoms with van der Waals surface area (Å²) in [5.41, 5.74) is 0.785. The van der Waals surface area contributed by atoms with E-state index in [2.05, 4.69) is 16.8 Å². The summed E-state index contributed by atoms with van der Waals surface area (Å²) in [5, 5.41) is 8.57. The summed E-state index contributed by atoms with van der Waals surface area (Å²) < 4.78 is 5.47. The Bertz CT molecular complexity index is 456. The minimum Gasteiger partial charge on any atom is -0.478 e. The third kappa shape index (κ3) is 3.54. The highest BCUT2D eigenvalue weighted by Crippen LogP contribution is 2.19. The van der Waals surface area contributed by atoms with E-state index in [0.717, 1.165) is 43.6 Å². The minimum absolute atomic E-state index is 0.363. The number of aliphatic carboxylic acids is 1. The lowest BCUT2D eigenvalue weighted by Gasteiger charge is -2.36. The molecule has 0 bridgehead atoms. The molecule has 1 aromatic heterocycles. The first-order valence-corrected chi connectivity index (χ1v) is 6.42. The Morgan fingerprint density at radius 1 is 1.63 bits per heavy atom. The molecule has 1 aromatic rings. The van der Waals surface area contributed by atoms with Gasteiger partial charge in [0, 0.05) is 18.8 Å². The lowest BCUT2D eigenvalue weighted by molar-refractivity contribution is -0.131. The molecule has 102 valence electrons. The maximum Gasteiger partial charge on any atom is 0.328 e. The second-order valence-electron chi connectivity index (χ2n) is 4.45. The van der Waals surface area contributed by atoms with Gasteiger partial charge in [-0.25, -0.2) is 9.78 Å². The fourth-order valence-corrected chi connectivity index (χ4v) is 2.13. The van der Waals surface area contributed by atoms with Gasteiger partial charge in [0.1, 0.15) is 5.82 Å². The molecule has 1 unspecified atom stereocenters. The summed E-state index contributed by atoms with van der Waals surface area (Å²) >= 11 is 0. The molecule has 5 heteroatoms. The minimum atomic E-state index is -0.955. The van der Waals surface area contributed by atoms with Crippen LogP contribution in [0.15, 0.2) is 24.4 Å². The number of ether oxygens (including phenoxy) is 1. The van der Waals surface area contributed by atoms with Gasteiger partial charge in [-0.1, -0.05) is 6.92 Å². The fourth-order valence-electron chi connectivity index (χ4n) is 2.13. The maximum atomic E-state index is 10.4. The zero-order chi connectivity index (χ0) is 13.7. The largest absolute Gasteiger partial charge is 0.478 e. The molecular weight excluding hydrogens is 244 g/mol. The van der Waals surface area contributed by atoms with Gasteiger partial charge in [-0.2, -0.15) is 0 Å². The average Bonchev–Trinajstić information content (AvgIpc) is 2.45. The zero-order valence-corrected chi connectivity index (χ0v) is 11.0. The van der Waals surface area contributed by atoms with Crippen molar-refractivity contribution in [3.63, 3.8) is 0 Å². The van der Waals surface area contributed by atoms with Crippen LogP contribution in [0.4, 0.5) is 5.82 Å². The van der Waals surface area contributed by atoms with E-state index in [1.807, 2.05) is 12.1 Å². The summed E-state index contributed by atoms with van der Waals surface area (Å²) in [4.78, 5) is 17.1. The highest BCUT2D eigenvalue weighted by molar-refractivity contribution is 5.85. The van der Waals surface area contributed by atoms with Gasteiger partial charge in [-0.05, 0) is 30.2 Å². The van der Waals surface area contributed by atoms with E-state index in [-0.39, 0.29) is 0 Å². The Balaban J connectivity index is 2.10. The van der Waals surface area contributed by atoms with Crippen molar-refractivity contribution in [3.05, 3.63) is 30.0 Å². The first-order valence-electron chi connectivity index (χ1n) is 6.42. The van der Waals surface area contributed by atoms with Crippen LogP contribution >= 0.6 is 0 Å². The molecule has 1 N–H and O–H groups in total. The van der Waals surface area contributed by atoms with E-state index in [0.29, 0.717) is 6.04 Å². The Labute approximate surface area is 112 Å². The second-order valence-corrected chi connectivity index (χ2v) is 4.45. The lowest BCUT2D eigenvalue weighted by atomic mass is 10.1. The number of carboxylic acids is 1. The topological polar surface area (TPSA) is 62.7 Å². The van der Waals surface area contributed by atoms with Crippen molar-refractivity contribution < 1.29 is 14.6 Å². The van der Waals surface area contributed by atoms with E-state index in [4.69, 9.17) is 9.84 Å². The molecule has 1 atom stereocenters. The molecule has 0 aliphatic carbocycles. The van der Waals surface area contributed by atoms with Crippen molar-refractivity contribution in [1.29, 1.82) is 0 Å². The number of morpholine rings is 1. The third-order valence-corrected chi connectivity index (χ3v) is 3.18. The van der Waals surface area contributed by atoms with Crippen LogP contribution in [-0.4, -0.2) is 41.9 Å². The third-order valence-electron chi connectivity index (χ3n) is 3.18. The molecule has 0 aromatic carbocycles. The molecule has 1 aliphatic heterocycles. The molecule has 0 radical (unpaired) electrons. The van der Waals surface area contributed by atoms with Crippen LogP contribution in [0.3, 0.4) is 0 Å². The molecule has 2 heterocycles. The van der Waals surface area contributed by atoms with E-state index in [9.17, 15) is 4.79 Å². The van der Waals surface area contributed by atoms with Crippen LogP contribution in [0.5, 0.6) is 0 Å². The first kappa shape index (κ1) is 13.5. The average molecular weight is 262 g/mol. The number of aromatic nitrogens is 1. The standard InChI is InChI=1S/C14H18N2O3/c1-2-12-10-19-8-7-16(12)13-5-3-11(9-15-13)4-6-14(17)18/h3-6,9,12H,2,7-8,10H2,1H3,(H,17,18)/b6-4+. The zero-order valence-electron chi connectivity index (χ0n) is 11.0. The lowest BCUT2D eigenvalue weighted by Crippen LogP contribution is -2.45. The molecule has 0 saturated carbocycles. The van der Waals surface area contributed by atoms with Crippen molar-refractivity contribution >= 4 is 17.9 Å². The number of carbonyl (C=O) groups is 1. The predicted molar refractivity (Wildman–Crippen MR) is 73.2 cm³/mol. The monoisotopic (exact) mass is 262 g/mol. The first-order chi connectivity index (χ1) is 9.20. The smallest absolute Gasteiger partial charge is 0.328 e. The highest BCUT2D eigenvalue weighted by atomic mass is 16.5. The fraction of sp³-hybridized carbons (Fsp3) is 0.429. The van der Waals surface area contributed by atoms with Gasteiger partial charge >= 0.3 is 5.97 Å². The molecule has 0 spiro atoms. The number of anilines is 1. The van der Waals surface area contributed by atoms with E-state index < -0.39 is 5.97 Å². The predicted octanol–water partition coefficient (Wildman–Crippen LogP) is 1.79.